The van der Waals surface area contributed by atoms with Crippen LogP contribution in [0.4, 0.5) is 0 Å². The first-order valence-corrected chi connectivity index (χ1v) is 10.9. The Hall–Kier alpha value is -3.32. The quantitative estimate of drug-likeness (QED) is 0.147. The predicted molar refractivity (Wildman–Crippen MR) is 131 cm³/mol. The molecule has 6 nitrogen and oxygen atoms in total. The molecule has 0 atom stereocenters. The molecule has 9 heteroatoms. The fraction of sp³-hybridized carbons (Fsp3) is 0.0417. The molecule has 0 aliphatic rings. The maximum absolute atomic E-state index is 6.18. The highest BCUT2D eigenvalue weighted by atomic mass is 35.5. The van der Waals surface area contributed by atoms with Gasteiger partial charge in [0.2, 0.25) is 0 Å². The van der Waals surface area contributed by atoms with E-state index in [0.29, 0.717) is 38.8 Å². The van der Waals surface area contributed by atoms with Crippen molar-refractivity contribution in [3.63, 3.8) is 0 Å². The van der Waals surface area contributed by atoms with Gasteiger partial charge in [-0.3, -0.25) is 0 Å². The summed E-state index contributed by atoms with van der Waals surface area (Å²) in [7, 11) is 0. The van der Waals surface area contributed by atoms with Crippen LogP contribution in [0.2, 0.25) is 15.1 Å². The van der Waals surface area contributed by atoms with E-state index in [0.717, 1.165) is 11.1 Å². The third-order valence-corrected chi connectivity index (χ3v) is 5.26. The van der Waals surface area contributed by atoms with E-state index in [4.69, 9.17) is 44.4 Å². The minimum atomic E-state index is 0.368. The van der Waals surface area contributed by atoms with Gasteiger partial charge in [-0.15, -0.1) is 0 Å². The second kappa shape index (κ2) is 11.0. The molecule has 0 saturated heterocycles. The maximum atomic E-state index is 6.18. The fourth-order valence-corrected chi connectivity index (χ4v) is 3.43. The van der Waals surface area contributed by atoms with Crippen LogP contribution < -0.4 is 4.74 Å². The number of hydrogen-bond donors (Lipinski definition) is 0. The Bertz CT molecular complexity index is 1260. The highest BCUT2D eigenvalue weighted by Crippen LogP contribution is 2.24. The van der Waals surface area contributed by atoms with Gasteiger partial charge in [-0.2, -0.15) is 5.10 Å². The summed E-state index contributed by atoms with van der Waals surface area (Å²) >= 11 is 18.0. The third-order valence-electron chi connectivity index (χ3n) is 4.45. The average molecular weight is 500 g/mol. The fourth-order valence-electron chi connectivity index (χ4n) is 2.83. The van der Waals surface area contributed by atoms with Crippen LogP contribution >= 0.6 is 34.8 Å². The van der Waals surface area contributed by atoms with E-state index in [2.05, 4.69) is 15.2 Å². The van der Waals surface area contributed by atoms with Crippen molar-refractivity contribution < 1.29 is 9.57 Å². The average Bonchev–Trinajstić information content (AvgIpc) is 3.32. The van der Waals surface area contributed by atoms with Gasteiger partial charge >= 0.3 is 0 Å². The van der Waals surface area contributed by atoms with Crippen molar-refractivity contribution in [3.05, 3.63) is 112 Å². The van der Waals surface area contributed by atoms with Crippen LogP contribution in [0.1, 0.15) is 11.1 Å². The van der Waals surface area contributed by atoms with E-state index in [1.54, 1.807) is 59.5 Å². The van der Waals surface area contributed by atoms with Gasteiger partial charge in [-0.25, -0.2) is 9.67 Å². The first-order chi connectivity index (χ1) is 16.1. The number of hydrogen-bond acceptors (Lipinski definition) is 5. The largest absolute Gasteiger partial charge is 0.457 e. The summed E-state index contributed by atoms with van der Waals surface area (Å²) in [5.74, 6) is 1.37. The van der Waals surface area contributed by atoms with Gasteiger partial charge in [-0.1, -0.05) is 46.0 Å². The number of oxime groups is 1. The maximum Gasteiger partial charge on any atom is 0.137 e. The molecule has 0 fully saturated rings. The Balaban J connectivity index is 1.49. The molecule has 3 aromatic carbocycles. The second-order valence-corrected chi connectivity index (χ2v) is 8.07. The number of aromatic nitrogens is 3. The van der Waals surface area contributed by atoms with E-state index in [-0.39, 0.29) is 0 Å². The Morgan fingerprint density at radius 3 is 2.27 bits per heavy atom. The Labute approximate surface area is 205 Å². The SMILES string of the molecule is Clc1ccc(Oc2ccc(C(Cn3cncn3)=NOC=Cc3ccc(Cl)cc3Cl)cc2)cc1. The molecule has 0 amide bonds. The lowest BCUT2D eigenvalue weighted by Crippen LogP contribution is -2.12. The number of rotatable bonds is 8. The van der Waals surface area contributed by atoms with Crippen LogP contribution in [0.5, 0.6) is 11.5 Å². The summed E-state index contributed by atoms with van der Waals surface area (Å²) < 4.78 is 7.50. The van der Waals surface area contributed by atoms with Crippen molar-refractivity contribution in [2.75, 3.05) is 0 Å². The molecule has 0 unspecified atom stereocenters. The zero-order valence-electron chi connectivity index (χ0n) is 17.1. The standard InChI is InChI=1S/C24H17Cl3N4O2/c25-19-5-9-22(10-6-19)33-21-7-2-18(3-8-21)24(14-31-16-28-15-29-31)30-32-12-11-17-1-4-20(26)13-23(17)27/h1-13,15-16H,14H2. The molecule has 4 rings (SSSR count). The molecule has 0 N–H and O–H groups in total. The van der Waals surface area contributed by atoms with E-state index in [9.17, 15) is 0 Å². The van der Waals surface area contributed by atoms with Crippen molar-refractivity contribution in [3.8, 4) is 11.5 Å². The van der Waals surface area contributed by atoms with Crippen LogP contribution in [0, 0.1) is 0 Å². The minimum Gasteiger partial charge on any atom is -0.457 e. The van der Waals surface area contributed by atoms with Gasteiger partial charge in [0, 0.05) is 20.6 Å². The molecule has 0 spiro atoms. The molecule has 0 radical (unpaired) electrons. The van der Waals surface area contributed by atoms with E-state index >= 15 is 0 Å². The van der Waals surface area contributed by atoms with Gasteiger partial charge in [0.25, 0.3) is 0 Å². The molecule has 4 aromatic rings. The van der Waals surface area contributed by atoms with Gasteiger partial charge in [0.05, 0.1) is 6.54 Å². The molecular formula is C24H17Cl3N4O2. The number of nitrogens with zero attached hydrogens (tertiary/aromatic N) is 4. The monoisotopic (exact) mass is 498 g/mol. The Kier molecular flexibility index (Phi) is 7.62. The lowest BCUT2D eigenvalue weighted by atomic mass is 10.1. The van der Waals surface area contributed by atoms with Gasteiger partial charge in [-0.05, 0) is 72.3 Å². The second-order valence-electron chi connectivity index (χ2n) is 6.79. The zero-order valence-corrected chi connectivity index (χ0v) is 19.4. The number of benzene rings is 3. The van der Waals surface area contributed by atoms with Crippen LogP contribution in [-0.2, 0) is 11.4 Å². The molecule has 33 heavy (non-hydrogen) atoms. The first kappa shape index (κ1) is 22.9. The summed E-state index contributed by atoms with van der Waals surface area (Å²) in [6, 6.07) is 19.9. The van der Waals surface area contributed by atoms with Gasteiger partial charge in [0.1, 0.15) is 36.1 Å². The predicted octanol–water partition coefficient (Wildman–Crippen LogP) is 7.12. The Morgan fingerprint density at radius 2 is 1.61 bits per heavy atom. The van der Waals surface area contributed by atoms with Gasteiger partial charge in [0.15, 0.2) is 0 Å². The molecule has 1 heterocycles. The number of halogens is 3. The van der Waals surface area contributed by atoms with Crippen LogP contribution in [0.15, 0.2) is 90.8 Å². The Morgan fingerprint density at radius 1 is 0.909 bits per heavy atom. The summed E-state index contributed by atoms with van der Waals surface area (Å²) in [6.07, 6.45) is 6.23. The molecule has 0 bridgehead atoms. The summed E-state index contributed by atoms with van der Waals surface area (Å²) in [4.78, 5) is 9.41. The molecule has 166 valence electrons. The topological polar surface area (TPSA) is 61.5 Å². The van der Waals surface area contributed by atoms with Crippen molar-refractivity contribution in [2.45, 2.75) is 6.54 Å². The van der Waals surface area contributed by atoms with Crippen LogP contribution in [0.25, 0.3) is 6.08 Å². The van der Waals surface area contributed by atoms with Crippen molar-refractivity contribution in [2.24, 2.45) is 5.16 Å². The molecule has 1 aromatic heterocycles. The summed E-state index contributed by atoms with van der Waals surface area (Å²) in [5, 5.41) is 10.1. The van der Waals surface area contributed by atoms with Crippen LogP contribution in [0.3, 0.4) is 0 Å². The van der Waals surface area contributed by atoms with E-state index in [1.807, 2.05) is 24.3 Å². The van der Waals surface area contributed by atoms with E-state index < -0.39 is 0 Å². The summed E-state index contributed by atoms with van der Waals surface area (Å²) in [5.41, 5.74) is 2.25. The van der Waals surface area contributed by atoms with Crippen molar-refractivity contribution in [1.82, 2.24) is 14.8 Å². The normalized spacial score (nSPS) is 11.7. The lowest BCUT2D eigenvalue weighted by molar-refractivity contribution is 0.269. The lowest BCUT2D eigenvalue weighted by Gasteiger charge is -2.09. The van der Waals surface area contributed by atoms with Crippen molar-refractivity contribution in [1.29, 1.82) is 0 Å². The third kappa shape index (κ3) is 6.58. The van der Waals surface area contributed by atoms with Gasteiger partial charge < -0.3 is 9.57 Å². The van der Waals surface area contributed by atoms with E-state index in [1.165, 1.54) is 12.6 Å². The highest BCUT2D eigenvalue weighted by molar-refractivity contribution is 6.35. The highest BCUT2D eigenvalue weighted by Gasteiger charge is 2.08. The minimum absolute atomic E-state index is 0.368. The smallest absolute Gasteiger partial charge is 0.137 e. The first-order valence-electron chi connectivity index (χ1n) is 9.77. The summed E-state index contributed by atoms with van der Waals surface area (Å²) in [6.45, 7) is 0.368. The molecule has 0 aliphatic carbocycles. The zero-order chi connectivity index (χ0) is 23.0. The molecular weight excluding hydrogens is 483 g/mol. The van der Waals surface area contributed by atoms with Crippen LogP contribution in [-0.4, -0.2) is 20.5 Å². The van der Waals surface area contributed by atoms with Crippen molar-refractivity contribution >= 4 is 46.6 Å². The molecule has 0 saturated carbocycles. The molecule has 0 aliphatic heterocycles. The number of ether oxygens (including phenoxy) is 1.